The van der Waals surface area contributed by atoms with Gasteiger partial charge in [0.1, 0.15) is 23.1 Å². The minimum absolute atomic E-state index is 0.0121. The van der Waals surface area contributed by atoms with E-state index in [0.717, 1.165) is 52.5 Å². The van der Waals surface area contributed by atoms with Crippen LogP contribution in [0.25, 0.3) is 0 Å². The predicted octanol–water partition coefficient (Wildman–Crippen LogP) is 9.32. The van der Waals surface area contributed by atoms with Gasteiger partial charge in [0.05, 0.1) is 24.1 Å². The summed E-state index contributed by atoms with van der Waals surface area (Å²) >= 11 is 0. The number of halogens is 1. The monoisotopic (exact) mass is 662 g/mol. The van der Waals surface area contributed by atoms with Gasteiger partial charge in [0.25, 0.3) is 5.91 Å². The van der Waals surface area contributed by atoms with E-state index in [4.69, 9.17) is 14.2 Å². The fraction of sp³-hybridized carbons (Fsp3) is 0.405. The number of amides is 1. The van der Waals surface area contributed by atoms with Gasteiger partial charge in [0.2, 0.25) is 0 Å². The van der Waals surface area contributed by atoms with Gasteiger partial charge in [0, 0.05) is 20.2 Å². The molecule has 0 radical (unpaired) electrons. The first-order valence-corrected chi connectivity index (χ1v) is 17.7. The van der Waals surface area contributed by atoms with Gasteiger partial charge >= 0.3 is 0 Å². The van der Waals surface area contributed by atoms with Crippen LogP contribution >= 0.6 is 0 Å². The minimum Gasteiger partial charge on any atom is -0.484 e. The first kappa shape index (κ1) is 33.2. The highest BCUT2D eigenvalue weighted by molar-refractivity contribution is 5.95. The Kier molecular flexibility index (Phi) is 9.64. The zero-order valence-corrected chi connectivity index (χ0v) is 28.8. The second kappa shape index (κ2) is 14.2. The fourth-order valence-corrected chi connectivity index (χ4v) is 8.79. The molecule has 4 aliphatic rings. The Balaban J connectivity index is 0.898. The molecule has 0 saturated heterocycles. The smallest absolute Gasteiger partial charge is 0.262 e. The molecular weight excluding hydrogens is 615 g/mol. The summed E-state index contributed by atoms with van der Waals surface area (Å²) in [6.07, 6.45) is 9.12. The predicted molar refractivity (Wildman–Crippen MR) is 192 cm³/mol. The summed E-state index contributed by atoms with van der Waals surface area (Å²) in [5.74, 6) is 4.42. The molecule has 1 unspecified atom stereocenters. The molecule has 1 N–H and O–H groups in total. The van der Waals surface area contributed by atoms with Crippen molar-refractivity contribution in [3.05, 3.63) is 114 Å². The van der Waals surface area contributed by atoms with Crippen LogP contribution in [0.1, 0.15) is 62.1 Å². The molecule has 0 aromatic heterocycles. The molecule has 8 rings (SSSR count). The minimum atomic E-state index is -0.253. The van der Waals surface area contributed by atoms with Crippen molar-refractivity contribution in [1.29, 1.82) is 0 Å². The first-order chi connectivity index (χ1) is 23.7. The number of benzene rings is 4. The van der Waals surface area contributed by atoms with Crippen LogP contribution in [0.15, 0.2) is 91.0 Å². The topological polar surface area (TPSA) is 60.0 Å². The third-order valence-electron chi connectivity index (χ3n) is 10.7. The van der Waals surface area contributed by atoms with Crippen LogP contribution < -0.4 is 19.7 Å². The van der Waals surface area contributed by atoms with E-state index in [1.54, 1.807) is 12.1 Å². The third kappa shape index (κ3) is 7.94. The Bertz CT molecular complexity index is 1700. The second-order valence-corrected chi connectivity index (χ2v) is 14.8. The Labute approximate surface area is 289 Å². The average Bonchev–Trinajstić information content (AvgIpc) is 3.08. The molecule has 1 amide bonds. The van der Waals surface area contributed by atoms with Crippen molar-refractivity contribution >= 4 is 17.3 Å². The molecule has 1 atom stereocenters. The highest BCUT2D eigenvalue weighted by Crippen LogP contribution is 2.60. The highest BCUT2D eigenvalue weighted by atomic mass is 19.1. The van der Waals surface area contributed by atoms with E-state index in [0.29, 0.717) is 23.5 Å². The van der Waals surface area contributed by atoms with Crippen molar-refractivity contribution in [2.45, 2.75) is 70.0 Å². The Morgan fingerprint density at radius 3 is 2.04 bits per heavy atom. The van der Waals surface area contributed by atoms with Crippen LogP contribution in [0.3, 0.4) is 0 Å². The Morgan fingerprint density at radius 1 is 0.816 bits per heavy atom. The summed E-state index contributed by atoms with van der Waals surface area (Å²) in [5, 5.41) is 2.99. The molecule has 4 saturated carbocycles. The zero-order valence-electron chi connectivity index (χ0n) is 28.8. The van der Waals surface area contributed by atoms with E-state index in [1.807, 2.05) is 68.4 Å². The number of hydrogen-bond donors (Lipinski definition) is 1. The normalized spacial score (nSPS) is 22.8. The van der Waals surface area contributed by atoms with Crippen LogP contribution in [0, 0.1) is 23.6 Å². The molecule has 6 nitrogen and oxygen atoms in total. The lowest BCUT2D eigenvalue weighted by Crippen LogP contribution is -2.48. The molecule has 256 valence electrons. The Morgan fingerprint density at radius 2 is 1.41 bits per heavy atom. The lowest BCUT2D eigenvalue weighted by atomic mass is 9.48. The maximum absolute atomic E-state index is 13.1. The number of ether oxygens (including phenoxy) is 3. The number of nitrogens with zero attached hydrogens (tertiary/aromatic N) is 1. The molecule has 0 heterocycles. The summed E-state index contributed by atoms with van der Waals surface area (Å²) in [6.45, 7) is 2.33. The van der Waals surface area contributed by atoms with Crippen LogP contribution in [-0.2, 0) is 28.0 Å². The first-order valence-electron chi connectivity index (χ1n) is 17.7. The van der Waals surface area contributed by atoms with Crippen molar-refractivity contribution in [3.8, 4) is 17.2 Å². The van der Waals surface area contributed by atoms with Crippen molar-refractivity contribution in [1.82, 2.24) is 0 Å². The van der Waals surface area contributed by atoms with E-state index in [1.165, 1.54) is 56.2 Å². The Hall–Kier alpha value is -4.36. The van der Waals surface area contributed by atoms with Gasteiger partial charge in [-0.3, -0.25) is 4.79 Å². The lowest BCUT2D eigenvalue weighted by Gasteiger charge is -2.57. The standard InChI is InChI=1S/C42H47FN2O4/c1-28(47-26-30-4-10-35(43)11-5-30)18-29-6-12-36(13-7-29)48-27-41(46)44-39-17-16-38(22-40(39)45(2)3)49-37-14-8-34(9-15-37)42-23-31-19-32(24-42)21-33(20-31)25-42/h4-17,22,28,31-33H,18-21,23-27H2,1-3H3,(H,44,46). The molecule has 49 heavy (non-hydrogen) atoms. The SMILES string of the molecule is CC(Cc1ccc(OCC(=O)Nc2ccc(Oc3ccc(C45CC6CC(CC(C6)C4)C5)cc3)cc2N(C)C)cc1)OCc1ccc(F)cc1. The van der Waals surface area contributed by atoms with Crippen molar-refractivity contribution in [3.63, 3.8) is 0 Å². The van der Waals surface area contributed by atoms with Crippen molar-refractivity contribution < 1.29 is 23.4 Å². The van der Waals surface area contributed by atoms with E-state index in [2.05, 4.69) is 29.6 Å². The summed E-state index contributed by atoms with van der Waals surface area (Å²) in [6, 6.07) is 28.6. The van der Waals surface area contributed by atoms with Gasteiger partial charge in [0.15, 0.2) is 6.61 Å². The average molecular weight is 663 g/mol. The molecule has 0 spiro atoms. The van der Waals surface area contributed by atoms with Gasteiger partial charge in [-0.15, -0.1) is 0 Å². The molecule has 4 aliphatic carbocycles. The zero-order chi connectivity index (χ0) is 34.0. The number of hydrogen-bond acceptors (Lipinski definition) is 5. The van der Waals surface area contributed by atoms with Gasteiger partial charge in [-0.1, -0.05) is 36.4 Å². The summed E-state index contributed by atoms with van der Waals surface area (Å²) in [5.41, 5.74) is 5.43. The van der Waals surface area contributed by atoms with E-state index >= 15 is 0 Å². The van der Waals surface area contributed by atoms with Crippen LogP contribution in [-0.4, -0.2) is 32.7 Å². The number of anilines is 2. The molecule has 4 aromatic rings. The van der Waals surface area contributed by atoms with Crippen molar-refractivity contribution in [2.75, 3.05) is 30.9 Å². The summed E-state index contributed by atoms with van der Waals surface area (Å²) in [4.78, 5) is 14.9. The summed E-state index contributed by atoms with van der Waals surface area (Å²) < 4.78 is 31.1. The summed E-state index contributed by atoms with van der Waals surface area (Å²) in [7, 11) is 3.89. The molecule has 4 bridgehead atoms. The van der Waals surface area contributed by atoms with E-state index < -0.39 is 0 Å². The molecule has 4 fully saturated rings. The van der Waals surface area contributed by atoms with Gasteiger partial charge < -0.3 is 24.4 Å². The number of carbonyl (C=O) groups is 1. The molecule has 7 heteroatoms. The highest BCUT2D eigenvalue weighted by Gasteiger charge is 2.51. The second-order valence-electron chi connectivity index (χ2n) is 14.8. The molecular formula is C42H47FN2O4. The quantitative estimate of drug-likeness (QED) is 0.155. The lowest BCUT2D eigenvalue weighted by molar-refractivity contribution is -0.118. The van der Waals surface area contributed by atoms with Crippen molar-refractivity contribution in [2.24, 2.45) is 17.8 Å². The van der Waals surface area contributed by atoms with Crippen LogP contribution in [0.2, 0.25) is 0 Å². The molecule has 0 aliphatic heterocycles. The van der Waals surface area contributed by atoms with Crippen LogP contribution in [0.5, 0.6) is 17.2 Å². The van der Waals surface area contributed by atoms with Gasteiger partial charge in [-0.05, 0) is 140 Å². The largest absolute Gasteiger partial charge is 0.484 e. The third-order valence-corrected chi connectivity index (χ3v) is 10.7. The van der Waals surface area contributed by atoms with Crippen LogP contribution in [0.4, 0.5) is 15.8 Å². The van der Waals surface area contributed by atoms with E-state index in [-0.39, 0.29) is 24.4 Å². The number of nitrogens with one attached hydrogen (secondary N) is 1. The maximum atomic E-state index is 13.1. The molecule has 4 aromatic carbocycles. The van der Waals surface area contributed by atoms with Gasteiger partial charge in [-0.2, -0.15) is 0 Å². The maximum Gasteiger partial charge on any atom is 0.262 e. The fourth-order valence-electron chi connectivity index (χ4n) is 8.79. The number of carbonyl (C=O) groups excluding carboxylic acids is 1. The van der Waals surface area contributed by atoms with Gasteiger partial charge in [-0.25, -0.2) is 4.39 Å². The van der Waals surface area contributed by atoms with E-state index in [9.17, 15) is 9.18 Å². The number of rotatable bonds is 13.